The van der Waals surface area contributed by atoms with Crippen LogP contribution in [0.2, 0.25) is 0 Å². The first-order chi connectivity index (χ1) is 26.6. The number of carbonyl (C=O) groups is 1. The highest BCUT2D eigenvalue weighted by Gasteiger charge is 2.50. The van der Waals surface area contributed by atoms with Crippen LogP contribution in [0.4, 0.5) is 0 Å². The van der Waals surface area contributed by atoms with Crippen molar-refractivity contribution in [3.63, 3.8) is 0 Å². The highest BCUT2D eigenvalue weighted by molar-refractivity contribution is 5.76. The van der Waals surface area contributed by atoms with Gasteiger partial charge in [0.05, 0.1) is 32.0 Å². The fraction of sp³-hybridized carbons (Fsp3) is 0.878. The molecule has 0 aliphatic carbocycles. The molecule has 0 aromatic heterocycles. The van der Waals surface area contributed by atoms with E-state index < -0.39 is 86.8 Å². The maximum absolute atomic E-state index is 13.0. The summed E-state index contributed by atoms with van der Waals surface area (Å²) in [6, 6.07) is -0.829. The van der Waals surface area contributed by atoms with Gasteiger partial charge in [-0.1, -0.05) is 115 Å². The maximum atomic E-state index is 13.0. The lowest BCUT2D eigenvalue weighted by Crippen LogP contribution is -2.65. The predicted molar refractivity (Wildman–Crippen MR) is 208 cm³/mol. The van der Waals surface area contributed by atoms with Gasteiger partial charge in [-0.05, 0) is 38.5 Å². The van der Waals surface area contributed by atoms with E-state index in [1.165, 1.54) is 25.7 Å². The molecule has 1 amide bonds. The van der Waals surface area contributed by atoms with Crippen LogP contribution < -0.4 is 5.32 Å². The first-order valence-electron chi connectivity index (χ1n) is 21.1. The van der Waals surface area contributed by atoms with E-state index in [2.05, 4.69) is 43.5 Å². The molecule has 55 heavy (non-hydrogen) atoms. The SMILES string of the molecule is CCC/C=C\C/C=C\CCCCCCCC(=O)NC(COC1OC(CO)C(OC2OC(CO)C(O)C(O)C2O)C(O)C1O)C(O)CCCCCCCCCC. The lowest BCUT2D eigenvalue weighted by atomic mass is 9.97. The van der Waals surface area contributed by atoms with Gasteiger partial charge in [0, 0.05) is 6.42 Å². The van der Waals surface area contributed by atoms with Crippen LogP contribution in [0.15, 0.2) is 24.3 Å². The molecular weight excluding hydrogens is 714 g/mol. The summed E-state index contributed by atoms with van der Waals surface area (Å²) in [5.74, 6) is -0.228. The van der Waals surface area contributed by atoms with Gasteiger partial charge in [0.2, 0.25) is 5.91 Å². The van der Waals surface area contributed by atoms with Crippen molar-refractivity contribution in [1.29, 1.82) is 0 Å². The Kier molecular flexibility index (Phi) is 26.7. The topological polar surface area (TPSA) is 228 Å². The summed E-state index contributed by atoms with van der Waals surface area (Å²) in [6.45, 7) is 2.69. The fourth-order valence-corrected chi connectivity index (χ4v) is 6.86. The number of carbonyl (C=O) groups excluding carboxylic acids is 1. The van der Waals surface area contributed by atoms with Gasteiger partial charge < -0.3 is 65.1 Å². The molecule has 14 nitrogen and oxygen atoms in total. The van der Waals surface area contributed by atoms with E-state index in [-0.39, 0.29) is 18.9 Å². The van der Waals surface area contributed by atoms with Crippen LogP contribution in [-0.2, 0) is 23.7 Å². The minimum Gasteiger partial charge on any atom is -0.394 e. The largest absolute Gasteiger partial charge is 0.394 e. The molecule has 2 heterocycles. The first-order valence-corrected chi connectivity index (χ1v) is 21.1. The minimum absolute atomic E-state index is 0.228. The fourth-order valence-electron chi connectivity index (χ4n) is 6.86. The van der Waals surface area contributed by atoms with Gasteiger partial charge in [-0.2, -0.15) is 0 Å². The van der Waals surface area contributed by atoms with Crippen molar-refractivity contribution in [2.45, 2.75) is 209 Å². The Balaban J connectivity index is 1.91. The Morgan fingerprint density at radius 1 is 0.655 bits per heavy atom. The van der Waals surface area contributed by atoms with Gasteiger partial charge >= 0.3 is 0 Å². The molecule has 322 valence electrons. The van der Waals surface area contributed by atoms with Crippen molar-refractivity contribution in [2.75, 3.05) is 19.8 Å². The molecule has 9 N–H and O–H groups in total. The Morgan fingerprint density at radius 2 is 1.24 bits per heavy atom. The first kappa shape index (κ1) is 49.6. The van der Waals surface area contributed by atoms with Crippen LogP contribution >= 0.6 is 0 Å². The van der Waals surface area contributed by atoms with Gasteiger partial charge in [0.25, 0.3) is 0 Å². The molecule has 2 aliphatic heterocycles. The zero-order chi connectivity index (χ0) is 40.4. The van der Waals surface area contributed by atoms with Crippen LogP contribution in [0.3, 0.4) is 0 Å². The molecular formula is C41H75NO13. The van der Waals surface area contributed by atoms with Crippen molar-refractivity contribution in [3.05, 3.63) is 24.3 Å². The second-order valence-corrected chi connectivity index (χ2v) is 15.1. The lowest BCUT2D eigenvalue weighted by Gasteiger charge is -2.46. The standard InChI is InChI=1S/C41H75NO13/c1-3-5-7-9-11-13-14-15-16-17-19-21-23-25-33(46)42-29(30(45)24-22-20-18-12-10-8-6-4-2)28-52-40-38(51)36(49)39(32(27-44)54-40)55-41-37(50)35(48)34(47)31(26-43)53-41/h7,9,13-14,29-32,34-41,43-45,47-51H,3-6,8,10-12,15-28H2,1-2H3,(H,42,46)/b9-7-,14-13-. The maximum Gasteiger partial charge on any atom is 0.220 e. The smallest absolute Gasteiger partial charge is 0.220 e. The second-order valence-electron chi connectivity index (χ2n) is 15.1. The highest BCUT2D eigenvalue weighted by atomic mass is 16.7. The number of ether oxygens (including phenoxy) is 4. The number of unbranched alkanes of at least 4 members (excludes halogenated alkanes) is 13. The molecule has 2 fully saturated rings. The quantitative estimate of drug-likeness (QED) is 0.0377. The number of hydrogen-bond donors (Lipinski definition) is 9. The van der Waals surface area contributed by atoms with Crippen LogP contribution in [0.1, 0.15) is 136 Å². The number of aliphatic hydroxyl groups excluding tert-OH is 8. The summed E-state index contributed by atoms with van der Waals surface area (Å²) >= 11 is 0. The second kappa shape index (κ2) is 29.6. The Hall–Kier alpha value is -1.53. The molecule has 14 heteroatoms. The van der Waals surface area contributed by atoms with Crippen LogP contribution in [0, 0.1) is 0 Å². The number of allylic oxidation sites excluding steroid dienone is 4. The van der Waals surface area contributed by atoms with E-state index in [4.69, 9.17) is 18.9 Å². The molecule has 2 aliphatic rings. The van der Waals surface area contributed by atoms with Gasteiger partial charge in [0.1, 0.15) is 48.8 Å². The van der Waals surface area contributed by atoms with Crippen molar-refractivity contribution >= 4 is 5.91 Å². The van der Waals surface area contributed by atoms with Crippen LogP contribution in [0.25, 0.3) is 0 Å². The number of rotatable bonds is 30. The van der Waals surface area contributed by atoms with Crippen LogP contribution in [0.5, 0.6) is 0 Å². The normalized spacial score (nSPS) is 29.9. The number of nitrogens with one attached hydrogen (secondary N) is 1. The molecule has 12 unspecified atom stereocenters. The number of amides is 1. The van der Waals surface area contributed by atoms with E-state index in [0.29, 0.717) is 12.8 Å². The molecule has 0 saturated carbocycles. The molecule has 2 saturated heterocycles. The van der Waals surface area contributed by atoms with E-state index in [1.807, 2.05) is 0 Å². The number of aliphatic hydroxyl groups is 8. The average Bonchev–Trinajstić information content (AvgIpc) is 3.18. The molecule has 0 aromatic carbocycles. The molecule has 0 bridgehead atoms. The van der Waals surface area contributed by atoms with Crippen molar-refractivity contribution < 1.29 is 64.6 Å². The van der Waals surface area contributed by atoms with E-state index in [9.17, 15) is 45.6 Å². The third-order valence-corrected chi connectivity index (χ3v) is 10.4. The van der Waals surface area contributed by atoms with Crippen molar-refractivity contribution in [3.8, 4) is 0 Å². The van der Waals surface area contributed by atoms with E-state index >= 15 is 0 Å². The van der Waals surface area contributed by atoms with Gasteiger partial charge in [-0.15, -0.1) is 0 Å². The molecule has 2 rings (SSSR count). The summed E-state index contributed by atoms with van der Waals surface area (Å²) in [6.07, 6.45) is 10.7. The summed E-state index contributed by atoms with van der Waals surface area (Å²) < 4.78 is 22.6. The predicted octanol–water partition coefficient (Wildman–Crippen LogP) is 3.04. The Labute approximate surface area is 328 Å². The number of hydrogen-bond acceptors (Lipinski definition) is 13. The van der Waals surface area contributed by atoms with E-state index in [1.54, 1.807) is 0 Å². The highest BCUT2D eigenvalue weighted by Crippen LogP contribution is 2.30. The summed E-state index contributed by atoms with van der Waals surface area (Å²) in [7, 11) is 0. The van der Waals surface area contributed by atoms with Gasteiger partial charge in [-0.3, -0.25) is 4.79 Å². The third kappa shape index (κ3) is 18.7. The van der Waals surface area contributed by atoms with Gasteiger partial charge in [-0.25, -0.2) is 0 Å². The monoisotopic (exact) mass is 790 g/mol. The molecule has 0 spiro atoms. The molecule has 12 atom stereocenters. The van der Waals surface area contributed by atoms with E-state index in [0.717, 1.165) is 77.0 Å². The summed E-state index contributed by atoms with van der Waals surface area (Å²) in [5.41, 5.74) is 0. The molecule has 0 aromatic rings. The van der Waals surface area contributed by atoms with Crippen LogP contribution in [-0.4, -0.2) is 140 Å². The zero-order valence-electron chi connectivity index (χ0n) is 33.4. The van der Waals surface area contributed by atoms with Gasteiger partial charge in [0.15, 0.2) is 12.6 Å². The molecule has 0 radical (unpaired) electrons. The lowest BCUT2D eigenvalue weighted by molar-refractivity contribution is -0.359. The Bertz CT molecular complexity index is 1030. The Morgan fingerprint density at radius 3 is 1.89 bits per heavy atom. The average molecular weight is 790 g/mol. The summed E-state index contributed by atoms with van der Waals surface area (Å²) in [5, 5.41) is 86.2. The zero-order valence-corrected chi connectivity index (χ0v) is 33.4. The minimum atomic E-state index is -1.78. The van der Waals surface area contributed by atoms with Crippen molar-refractivity contribution in [1.82, 2.24) is 5.32 Å². The summed E-state index contributed by atoms with van der Waals surface area (Å²) in [4.78, 5) is 13.0. The van der Waals surface area contributed by atoms with Crippen molar-refractivity contribution in [2.24, 2.45) is 0 Å². The third-order valence-electron chi connectivity index (χ3n) is 10.4.